The van der Waals surface area contributed by atoms with Gasteiger partial charge in [-0.05, 0) is 18.2 Å². The Morgan fingerprint density at radius 1 is 1.42 bits per heavy atom. The summed E-state index contributed by atoms with van der Waals surface area (Å²) in [6.45, 7) is 3.59. The molecule has 1 aromatic rings. The minimum Gasteiger partial charge on any atom is -0.334 e. The molecule has 1 aromatic carbocycles. The molecule has 1 fully saturated rings. The van der Waals surface area contributed by atoms with Crippen molar-refractivity contribution in [1.29, 1.82) is 0 Å². The van der Waals surface area contributed by atoms with Crippen LogP contribution in [0.5, 0.6) is 0 Å². The van der Waals surface area contributed by atoms with Gasteiger partial charge in [-0.15, -0.1) is 0 Å². The molecule has 2 amide bonds. The standard InChI is InChI=1S/C16H20ClN5O2/c1-21-5-7-22(8-6-21)16-19-13(10-14(23)20-16)15(24)18-12-4-2-3-11(17)9-12/h2-4,9,13H,5-8,10H2,1H3,(H,18,24)(H,19,20,23)/p+1/t13-/m1/s1. The number of amides is 2. The van der Waals surface area contributed by atoms with Gasteiger partial charge in [0, 0.05) is 10.7 Å². The van der Waals surface area contributed by atoms with E-state index >= 15 is 0 Å². The Hall–Kier alpha value is -2.12. The van der Waals surface area contributed by atoms with Crippen LogP contribution in [0, 0.1) is 0 Å². The van der Waals surface area contributed by atoms with Crippen molar-refractivity contribution in [2.45, 2.75) is 12.5 Å². The molecule has 128 valence electrons. The Morgan fingerprint density at radius 2 is 2.17 bits per heavy atom. The summed E-state index contributed by atoms with van der Waals surface area (Å²) in [5.74, 6) is 0.0203. The van der Waals surface area contributed by atoms with Crippen LogP contribution in [0.1, 0.15) is 6.42 Å². The van der Waals surface area contributed by atoms with E-state index in [1.807, 2.05) is 4.90 Å². The van der Waals surface area contributed by atoms with Crippen molar-refractivity contribution in [2.24, 2.45) is 4.99 Å². The second kappa shape index (κ2) is 7.19. The van der Waals surface area contributed by atoms with Crippen molar-refractivity contribution in [3.05, 3.63) is 29.3 Å². The molecule has 0 radical (unpaired) electrons. The maximum Gasteiger partial charge on any atom is 0.249 e. The fourth-order valence-corrected chi connectivity index (χ4v) is 2.97. The number of anilines is 1. The zero-order valence-corrected chi connectivity index (χ0v) is 14.3. The first kappa shape index (κ1) is 16.7. The van der Waals surface area contributed by atoms with E-state index in [1.165, 1.54) is 4.90 Å². The number of nitrogens with zero attached hydrogens (tertiary/aromatic N) is 2. The summed E-state index contributed by atoms with van der Waals surface area (Å²) in [6.07, 6.45) is 0.0505. The number of nitrogens with one attached hydrogen (secondary N) is 3. The molecule has 1 saturated heterocycles. The first-order valence-electron chi connectivity index (χ1n) is 8.01. The van der Waals surface area contributed by atoms with Gasteiger partial charge >= 0.3 is 0 Å². The number of guanidine groups is 1. The fourth-order valence-electron chi connectivity index (χ4n) is 2.78. The second-order valence-corrected chi connectivity index (χ2v) is 6.60. The number of benzene rings is 1. The molecule has 3 rings (SSSR count). The number of hydrogen-bond donors (Lipinski definition) is 3. The summed E-state index contributed by atoms with van der Waals surface area (Å²) in [5, 5.41) is 6.10. The van der Waals surface area contributed by atoms with Crippen molar-refractivity contribution in [1.82, 2.24) is 10.2 Å². The molecule has 0 bridgehead atoms. The Bertz CT molecular complexity index is 670. The number of aliphatic imine (C=N–C) groups is 1. The zero-order chi connectivity index (χ0) is 17.1. The molecule has 1 atom stereocenters. The van der Waals surface area contributed by atoms with Crippen molar-refractivity contribution in [3.8, 4) is 0 Å². The fraction of sp³-hybridized carbons (Fsp3) is 0.438. The number of carbonyl (C=O) groups excluding carboxylic acids is 2. The van der Waals surface area contributed by atoms with E-state index in [4.69, 9.17) is 11.6 Å². The first-order valence-corrected chi connectivity index (χ1v) is 8.39. The van der Waals surface area contributed by atoms with Crippen LogP contribution in [-0.4, -0.2) is 61.9 Å². The lowest BCUT2D eigenvalue weighted by Gasteiger charge is -2.34. The summed E-state index contributed by atoms with van der Waals surface area (Å²) in [4.78, 5) is 32.4. The van der Waals surface area contributed by atoms with Crippen molar-refractivity contribution >= 4 is 35.1 Å². The van der Waals surface area contributed by atoms with E-state index in [2.05, 4.69) is 22.7 Å². The maximum atomic E-state index is 12.4. The van der Waals surface area contributed by atoms with Crippen molar-refractivity contribution in [3.63, 3.8) is 0 Å². The summed E-state index contributed by atoms with van der Waals surface area (Å²) >= 11 is 5.92. The second-order valence-electron chi connectivity index (χ2n) is 6.16. The van der Waals surface area contributed by atoms with Gasteiger partial charge in [0.05, 0.1) is 39.6 Å². The van der Waals surface area contributed by atoms with E-state index in [-0.39, 0.29) is 18.2 Å². The molecule has 7 nitrogen and oxygen atoms in total. The topological polar surface area (TPSA) is 78.2 Å². The lowest BCUT2D eigenvalue weighted by atomic mass is 10.1. The van der Waals surface area contributed by atoms with Crippen LogP contribution in [0.25, 0.3) is 0 Å². The molecule has 3 N–H and O–H groups in total. The molecule has 0 saturated carbocycles. The number of carbonyl (C=O) groups is 2. The van der Waals surface area contributed by atoms with Crippen LogP contribution in [0.3, 0.4) is 0 Å². The summed E-state index contributed by atoms with van der Waals surface area (Å²) in [6, 6.07) is 6.18. The number of quaternary nitrogens is 1. The highest BCUT2D eigenvalue weighted by molar-refractivity contribution is 6.30. The molecular weight excluding hydrogens is 330 g/mol. The highest BCUT2D eigenvalue weighted by atomic mass is 35.5. The maximum absolute atomic E-state index is 12.4. The highest BCUT2D eigenvalue weighted by Gasteiger charge is 2.30. The summed E-state index contributed by atoms with van der Waals surface area (Å²) < 4.78 is 0. The predicted molar refractivity (Wildman–Crippen MR) is 92.3 cm³/mol. The molecule has 8 heteroatoms. The monoisotopic (exact) mass is 350 g/mol. The van der Waals surface area contributed by atoms with Gasteiger partial charge < -0.3 is 15.1 Å². The molecular formula is C16H21ClN5O2+. The van der Waals surface area contributed by atoms with Gasteiger partial charge in [0.15, 0.2) is 0 Å². The van der Waals surface area contributed by atoms with Gasteiger partial charge in [0.25, 0.3) is 0 Å². The van der Waals surface area contributed by atoms with Gasteiger partial charge in [-0.3, -0.25) is 14.9 Å². The van der Waals surface area contributed by atoms with Crippen LogP contribution in [0.15, 0.2) is 29.3 Å². The minimum absolute atomic E-state index is 0.0505. The molecule has 0 unspecified atom stereocenters. The number of hydrogen-bond acceptors (Lipinski definition) is 4. The summed E-state index contributed by atoms with van der Waals surface area (Å²) in [7, 11) is 2.14. The van der Waals surface area contributed by atoms with Crippen LogP contribution in [0.4, 0.5) is 5.69 Å². The normalized spacial score (nSPS) is 21.9. The first-order chi connectivity index (χ1) is 11.5. The van der Waals surface area contributed by atoms with Crippen molar-refractivity contribution < 1.29 is 14.5 Å². The van der Waals surface area contributed by atoms with Crippen LogP contribution < -0.4 is 15.5 Å². The molecule has 0 aliphatic carbocycles. The van der Waals surface area contributed by atoms with E-state index in [0.717, 1.165) is 26.2 Å². The van der Waals surface area contributed by atoms with E-state index in [9.17, 15) is 9.59 Å². The average molecular weight is 351 g/mol. The van der Waals surface area contributed by atoms with Crippen molar-refractivity contribution in [2.75, 3.05) is 38.5 Å². The average Bonchev–Trinajstić information content (AvgIpc) is 2.55. The Morgan fingerprint density at radius 3 is 2.88 bits per heavy atom. The number of rotatable bonds is 2. The lowest BCUT2D eigenvalue weighted by Crippen LogP contribution is -3.12. The Balaban J connectivity index is 1.70. The third kappa shape index (κ3) is 4.04. The third-order valence-electron chi connectivity index (χ3n) is 4.22. The van der Waals surface area contributed by atoms with E-state index in [0.29, 0.717) is 16.7 Å². The third-order valence-corrected chi connectivity index (χ3v) is 4.45. The molecule has 0 spiro atoms. The largest absolute Gasteiger partial charge is 0.334 e. The number of piperazine rings is 1. The van der Waals surface area contributed by atoms with Gasteiger partial charge in [-0.25, -0.2) is 4.99 Å². The SMILES string of the molecule is C[NH+]1CCN(C2=N[C@@H](C(=O)Nc3cccc(Cl)c3)CC(=O)N2)CC1. The predicted octanol–water partition coefficient (Wildman–Crippen LogP) is -0.647. The van der Waals surface area contributed by atoms with Gasteiger partial charge in [-0.2, -0.15) is 0 Å². The zero-order valence-electron chi connectivity index (χ0n) is 13.5. The van der Waals surface area contributed by atoms with Crippen LogP contribution in [0.2, 0.25) is 5.02 Å². The van der Waals surface area contributed by atoms with Gasteiger partial charge in [0.2, 0.25) is 17.8 Å². The molecule has 24 heavy (non-hydrogen) atoms. The van der Waals surface area contributed by atoms with E-state index < -0.39 is 6.04 Å². The number of likely N-dealkylation sites (N-methyl/N-ethyl adjacent to an activating group) is 1. The smallest absolute Gasteiger partial charge is 0.249 e. The molecule has 0 aromatic heterocycles. The van der Waals surface area contributed by atoms with Gasteiger partial charge in [0.1, 0.15) is 6.04 Å². The summed E-state index contributed by atoms with van der Waals surface area (Å²) in [5.41, 5.74) is 0.596. The molecule has 2 aliphatic rings. The minimum atomic E-state index is -0.722. The molecule has 2 aliphatic heterocycles. The quantitative estimate of drug-likeness (QED) is 0.663. The lowest BCUT2D eigenvalue weighted by molar-refractivity contribution is -0.883. The Kier molecular flexibility index (Phi) is 5.01. The van der Waals surface area contributed by atoms with E-state index in [1.54, 1.807) is 24.3 Å². The number of halogens is 1. The highest BCUT2D eigenvalue weighted by Crippen LogP contribution is 2.16. The molecule has 2 heterocycles. The van der Waals surface area contributed by atoms with Gasteiger partial charge in [-0.1, -0.05) is 17.7 Å². The van der Waals surface area contributed by atoms with Crippen LogP contribution in [-0.2, 0) is 9.59 Å². The van der Waals surface area contributed by atoms with Crippen LogP contribution >= 0.6 is 11.6 Å². The Labute approximate surface area is 145 Å².